The second kappa shape index (κ2) is 10.9. The predicted octanol–water partition coefficient (Wildman–Crippen LogP) is 5.51. The highest BCUT2D eigenvalue weighted by Gasteiger charge is 2.25. The summed E-state index contributed by atoms with van der Waals surface area (Å²) in [6.07, 6.45) is 1.39. The summed E-state index contributed by atoms with van der Waals surface area (Å²) in [5.41, 5.74) is 5.26. The van der Waals surface area contributed by atoms with E-state index in [2.05, 4.69) is 36.1 Å². The molecule has 7 nitrogen and oxygen atoms in total. The molecule has 40 heavy (non-hydrogen) atoms. The van der Waals surface area contributed by atoms with Crippen LogP contribution >= 0.6 is 0 Å². The van der Waals surface area contributed by atoms with Gasteiger partial charge >= 0.3 is 0 Å². The Hall–Kier alpha value is -4.59. The highest BCUT2D eigenvalue weighted by atomic mass is 19.1. The number of anilines is 1. The quantitative estimate of drug-likeness (QED) is 0.297. The molecule has 3 heterocycles. The molecule has 0 atom stereocenters. The summed E-state index contributed by atoms with van der Waals surface area (Å²) in [5, 5.41) is 5.69. The molecule has 0 saturated carbocycles. The number of rotatable bonds is 5. The summed E-state index contributed by atoms with van der Waals surface area (Å²) < 4.78 is 15.5. The average molecular weight is 535 g/mol. The number of amides is 1. The molecule has 1 aliphatic rings. The first-order chi connectivity index (χ1) is 19.5. The number of halogens is 1. The van der Waals surface area contributed by atoms with Crippen LogP contribution in [0.2, 0.25) is 0 Å². The van der Waals surface area contributed by atoms with E-state index < -0.39 is 0 Å². The number of fused-ring (bicyclic) bond motifs is 1. The number of benzene rings is 3. The first kappa shape index (κ1) is 25.7. The van der Waals surface area contributed by atoms with Gasteiger partial charge in [-0.05, 0) is 62.2 Å². The molecule has 2 aromatic heterocycles. The lowest BCUT2D eigenvalue weighted by molar-refractivity contribution is 0.0767. The van der Waals surface area contributed by atoms with E-state index in [4.69, 9.17) is 15.1 Å². The smallest absolute Gasteiger partial charge is 0.253 e. The minimum atomic E-state index is -0.300. The van der Waals surface area contributed by atoms with E-state index in [9.17, 15) is 9.18 Å². The molecule has 0 radical (unpaired) electrons. The van der Waals surface area contributed by atoms with E-state index in [0.717, 1.165) is 41.1 Å². The van der Waals surface area contributed by atoms with Gasteiger partial charge < -0.3 is 9.80 Å². The van der Waals surface area contributed by atoms with Crippen molar-refractivity contribution < 1.29 is 9.18 Å². The van der Waals surface area contributed by atoms with Gasteiger partial charge in [0.15, 0.2) is 5.65 Å². The Morgan fingerprint density at radius 2 is 1.60 bits per heavy atom. The van der Waals surface area contributed by atoms with Gasteiger partial charge in [0.2, 0.25) is 0 Å². The third-order valence-corrected chi connectivity index (χ3v) is 7.39. The van der Waals surface area contributed by atoms with Crippen LogP contribution in [-0.4, -0.2) is 56.7 Å². The maximum Gasteiger partial charge on any atom is 0.253 e. The summed E-state index contributed by atoms with van der Waals surface area (Å²) in [6.45, 7) is 6.71. The highest BCUT2D eigenvalue weighted by Crippen LogP contribution is 2.30. The fourth-order valence-electron chi connectivity index (χ4n) is 5.26. The van der Waals surface area contributed by atoms with E-state index in [1.54, 1.807) is 16.8 Å². The van der Waals surface area contributed by atoms with Crippen molar-refractivity contribution in [2.24, 2.45) is 0 Å². The Morgan fingerprint density at radius 3 is 2.35 bits per heavy atom. The Morgan fingerprint density at radius 1 is 0.850 bits per heavy atom. The van der Waals surface area contributed by atoms with Gasteiger partial charge in [-0.15, -0.1) is 0 Å². The molecule has 0 spiro atoms. The van der Waals surface area contributed by atoms with Crippen molar-refractivity contribution in [2.75, 3.05) is 31.1 Å². The monoisotopic (exact) mass is 534 g/mol. The van der Waals surface area contributed by atoms with Crippen molar-refractivity contribution in [1.29, 1.82) is 0 Å². The van der Waals surface area contributed by atoms with Crippen molar-refractivity contribution in [1.82, 2.24) is 24.6 Å². The lowest BCUT2D eigenvalue weighted by Gasteiger charge is -2.24. The van der Waals surface area contributed by atoms with Crippen LogP contribution in [0.25, 0.3) is 16.7 Å². The molecule has 1 aliphatic heterocycles. The fraction of sp³-hybridized carbons (Fsp3) is 0.250. The number of carbonyl (C=O) groups is 1. The molecule has 0 N–H and O–H groups in total. The summed E-state index contributed by atoms with van der Waals surface area (Å²) >= 11 is 0. The molecule has 3 aromatic carbocycles. The maximum absolute atomic E-state index is 13.7. The Bertz CT molecular complexity index is 1650. The van der Waals surface area contributed by atoms with Crippen LogP contribution in [0.3, 0.4) is 0 Å². The van der Waals surface area contributed by atoms with Crippen LogP contribution < -0.4 is 4.90 Å². The predicted molar refractivity (Wildman–Crippen MR) is 155 cm³/mol. The molecule has 1 saturated heterocycles. The highest BCUT2D eigenvalue weighted by molar-refractivity contribution is 5.94. The van der Waals surface area contributed by atoms with Crippen LogP contribution in [0.5, 0.6) is 0 Å². The first-order valence-corrected chi connectivity index (χ1v) is 13.6. The molecule has 8 heteroatoms. The van der Waals surface area contributed by atoms with Crippen LogP contribution in [0.1, 0.15) is 39.4 Å². The molecule has 0 aliphatic carbocycles. The molecule has 0 bridgehead atoms. The zero-order valence-electron chi connectivity index (χ0n) is 22.7. The molecule has 1 amide bonds. The number of aromatic nitrogens is 4. The lowest BCUT2D eigenvalue weighted by atomic mass is 10.1. The topological polar surface area (TPSA) is 67.2 Å². The Labute approximate surface area is 232 Å². The maximum atomic E-state index is 13.7. The van der Waals surface area contributed by atoms with Gasteiger partial charge in [-0.3, -0.25) is 4.79 Å². The minimum absolute atomic E-state index is 0.0515. The van der Waals surface area contributed by atoms with Crippen LogP contribution in [0.4, 0.5) is 10.2 Å². The second-order valence-corrected chi connectivity index (χ2v) is 10.3. The third kappa shape index (κ3) is 5.17. The van der Waals surface area contributed by atoms with E-state index in [0.29, 0.717) is 43.1 Å². The average Bonchev–Trinajstić information content (AvgIpc) is 3.14. The minimum Gasteiger partial charge on any atom is -0.354 e. The molecule has 5 aromatic rings. The lowest BCUT2D eigenvalue weighted by Crippen LogP contribution is -2.35. The molecule has 0 unspecified atom stereocenters. The van der Waals surface area contributed by atoms with E-state index in [1.807, 2.05) is 42.2 Å². The van der Waals surface area contributed by atoms with Crippen LogP contribution in [0.15, 0.2) is 78.9 Å². The van der Waals surface area contributed by atoms with Gasteiger partial charge in [-0.25, -0.2) is 19.0 Å². The van der Waals surface area contributed by atoms with Gasteiger partial charge in [0.25, 0.3) is 5.91 Å². The summed E-state index contributed by atoms with van der Waals surface area (Å²) in [5.74, 6) is 1.27. The largest absolute Gasteiger partial charge is 0.354 e. The van der Waals surface area contributed by atoms with Crippen molar-refractivity contribution in [3.63, 3.8) is 0 Å². The number of hydrogen-bond acceptors (Lipinski definition) is 5. The van der Waals surface area contributed by atoms with Crippen LogP contribution in [0, 0.1) is 19.7 Å². The van der Waals surface area contributed by atoms with E-state index in [-0.39, 0.29) is 11.7 Å². The number of hydrogen-bond donors (Lipinski definition) is 0. The Balaban J connectivity index is 1.39. The third-order valence-electron chi connectivity index (χ3n) is 7.39. The normalized spacial score (nSPS) is 14.0. The Kier molecular flexibility index (Phi) is 6.99. The summed E-state index contributed by atoms with van der Waals surface area (Å²) in [6, 6.07) is 24.1. The molecular formula is C32H31FN6O. The number of aryl methyl sites for hydroxylation is 2. The van der Waals surface area contributed by atoms with Crippen molar-refractivity contribution in [3.8, 4) is 5.69 Å². The number of nitrogens with zero attached hydrogens (tertiary/aromatic N) is 6. The molecular weight excluding hydrogens is 503 g/mol. The summed E-state index contributed by atoms with van der Waals surface area (Å²) in [7, 11) is 0. The zero-order valence-corrected chi connectivity index (χ0v) is 22.7. The van der Waals surface area contributed by atoms with Crippen molar-refractivity contribution in [3.05, 3.63) is 113 Å². The number of carbonyl (C=O) groups excluding carboxylic acids is 1. The molecule has 1 fully saturated rings. The van der Waals surface area contributed by atoms with E-state index >= 15 is 0 Å². The van der Waals surface area contributed by atoms with Gasteiger partial charge in [0, 0.05) is 38.2 Å². The standard InChI is InChI=1S/C32H31FN6O/c1-22-9-11-24(12-10-22)21-28-34-30(29-23(2)36-39(31(29)35-28)27-15-13-26(33)14-16-27)37-17-6-18-38(20-19-37)32(40)25-7-4-3-5-8-25/h3-5,7-16H,6,17-21H2,1-2H3. The zero-order chi connectivity index (χ0) is 27.6. The van der Waals surface area contributed by atoms with Gasteiger partial charge in [-0.2, -0.15) is 5.10 Å². The SMILES string of the molecule is Cc1ccc(Cc2nc(N3CCCN(C(=O)c4ccccc4)CC3)c3c(C)nn(-c4ccc(F)cc4)c3n2)cc1. The fourth-order valence-corrected chi connectivity index (χ4v) is 5.26. The van der Waals surface area contributed by atoms with Crippen LogP contribution in [-0.2, 0) is 6.42 Å². The summed E-state index contributed by atoms with van der Waals surface area (Å²) in [4.78, 5) is 27.4. The van der Waals surface area contributed by atoms with Gasteiger partial charge in [-0.1, -0.05) is 48.0 Å². The van der Waals surface area contributed by atoms with Gasteiger partial charge in [0.1, 0.15) is 17.5 Å². The second-order valence-electron chi connectivity index (χ2n) is 10.3. The van der Waals surface area contributed by atoms with Gasteiger partial charge in [0.05, 0.1) is 16.8 Å². The molecule has 6 rings (SSSR count). The van der Waals surface area contributed by atoms with Crippen molar-refractivity contribution in [2.45, 2.75) is 26.7 Å². The first-order valence-electron chi connectivity index (χ1n) is 13.6. The molecule has 202 valence electrons. The van der Waals surface area contributed by atoms with E-state index in [1.165, 1.54) is 17.7 Å². The van der Waals surface area contributed by atoms with Crippen molar-refractivity contribution >= 4 is 22.8 Å².